The SMILES string of the molecule is CC(=O)C[C@@H](NC(=O)[C@H](CC(C)C)n1cc(C)c(C)cc1=O)c1cncc(-c2c(C)cccc2C)c1.CC(=O)C[C@@H](NC(=O)[C@H](CC(C)C)n1cc(C2CC2)ccc1=O)c1cncc(-c2c(C)cccc2C)c1.CC(=O)C[C@@H](NC(=O)[C@H](CC(C)C)n1cnc2ccccc2c1=O)c1ccc(C)c(N2CCOCC2)c1.Cc1ccn(C(CC(C)C)C(=O)N[C@H](CC(=O)O)c2cnc(C)c(-c3ccccc3C)c2)c(=O)c1. The fourth-order valence-corrected chi connectivity index (χ4v) is 18.8. The predicted octanol–water partition coefficient (Wildman–Crippen LogP) is 20.1. The molecule has 2 aliphatic rings. The predicted molar refractivity (Wildman–Crippen MR) is 572 cm³/mol. The molecule has 14 rings (SSSR count). The van der Waals surface area contributed by atoms with Crippen LogP contribution in [0.25, 0.3) is 44.3 Å². The first-order valence-corrected chi connectivity index (χ1v) is 50.4. The molecule has 764 valence electrons. The summed E-state index contributed by atoms with van der Waals surface area (Å²) in [5, 5.41) is 22.3. The fraction of sp³-hybridized carbons (Fsp3) is 0.407. The Morgan fingerprint density at radius 1 is 0.400 bits per heavy atom. The number of aryl methyl sites for hydroxylation is 10. The maximum Gasteiger partial charge on any atom is 0.305 e. The van der Waals surface area contributed by atoms with E-state index in [4.69, 9.17) is 4.74 Å². The summed E-state index contributed by atoms with van der Waals surface area (Å²) in [5.41, 5.74) is 21.0. The van der Waals surface area contributed by atoms with Crippen LogP contribution in [-0.2, 0) is 43.1 Å². The van der Waals surface area contributed by atoms with Gasteiger partial charge in [-0.05, 0) is 295 Å². The van der Waals surface area contributed by atoms with Crippen LogP contribution in [-0.4, -0.2) is 117 Å². The van der Waals surface area contributed by atoms with Gasteiger partial charge < -0.3 is 49.7 Å². The van der Waals surface area contributed by atoms with Crippen LogP contribution in [0.3, 0.4) is 0 Å². The van der Waals surface area contributed by atoms with Gasteiger partial charge in [0, 0.05) is 128 Å². The maximum absolute atomic E-state index is 13.8. The van der Waals surface area contributed by atoms with Gasteiger partial charge in [0.05, 0.1) is 61.0 Å². The molecular weight excluding hydrogens is 1820 g/mol. The topological polar surface area (TPSA) is 357 Å². The molecule has 1 aliphatic heterocycles. The van der Waals surface area contributed by atoms with Crippen molar-refractivity contribution in [2.24, 2.45) is 23.7 Å². The number of nitrogens with one attached hydrogen (secondary N) is 4. The summed E-state index contributed by atoms with van der Waals surface area (Å²) < 4.78 is 11.5. The van der Waals surface area contributed by atoms with Gasteiger partial charge in [0.25, 0.3) is 22.2 Å². The van der Waals surface area contributed by atoms with E-state index in [9.17, 15) is 62.6 Å². The van der Waals surface area contributed by atoms with Crippen LogP contribution < -0.4 is 48.4 Å². The molecule has 1 unspecified atom stereocenters. The average molecular weight is 1970 g/mol. The number of hydrogen-bond donors (Lipinski definition) is 5. The lowest BCUT2D eigenvalue weighted by atomic mass is 9.94. The number of nitrogens with zero attached hydrogens (tertiary/aromatic N) is 9. The number of carbonyl (C=O) groups is 8. The summed E-state index contributed by atoms with van der Waals surface area (Å²) in [4.78, 5) is 175. The number of hydrogen-bond acceptors (Lipinski definition) is 18. The van der Waals surface area contributed by atoms with Crippen LogP contribution >= 0.6 is 0 Å². The molecule has 27 nitrogen and oxygen atoms in total. The average Bonchev–Trinajstić information content (AvgIpc) is 1.81. The molecule has 8 atom stereocenters. The van der Waals surface area contributed by atoms with E-state index in [2.05, 4.69) is 111 Å². The Labute approximate surface area is 851 Å². The zero-order valence-electron chi connectivity index (χ0n) is 87.8. The van der Waals surface area contributed by atoms with Gasteiger partial charge >= 0.3 is 5.97 Å². The highest BCUT2D eigenvalue weighted by Crippen LogP contribution is 2.41. The number of carboxylic acid groups (broad SMARTS) is 1. The van der Waals surface area contributed by atoms with Gasteiger partial charge in [-0.15, -0.1) is 0 Å². The molecule has 1 saturated carbocycles. The van der Waals surface area contributed by atoms with Gasteiger partial charge in [0.1, 0.15) is 41.5 Å². The second-order valence-corrected chi connectivity index (χ2v) is 40.8. The lowest BCUT2D eigenvalue weighted by Gasteiger charge is -2.31. The maximum atomic E-state index is 13.8. The van der Waals surface area contributed by atoms with Crippen molar-refractivity contribution in [2.75, 3.05) is 31.2 Å². The summed E-state index contributed by atoms with van der Waals surface area (Å²) in [5.74, 6) is -1.20. The number of aromatic nitrogens is 8. The zero-order chi connectivity index (χ0) is 105. The molecule has 12 aromatic rings. The number of carboxylic acids is 1. The Morgan fingerprint density at radius 2 is 0.848 bits per heavy atom. The lowest BCUT2D eigenvalue weighted by Crippen LogP contribution is -2.40. The standard InChI is InChI=1S/C31H37N3O3.C30H37N3O3.C29H36N4O4.C28H33N3O4/c1-19(2)13-28(34-18-24(23-9-10-23)11-12-29(34)36)31(37)33-27(14-22(5)35)25-15-26(17-32-16-25)30-20(3)7-6-8-21(30)4;1-18(2)11-27(33-17-22(6)21(5)12-28(33)35)30(36)32-26(13-23(7)34)24-14-25(16-31-15-24)29-19(3)9-8-10-20(29)4;1-19(2)15-27(33-18-30-24-8-6-5-7-23(24)29(33)36)28(35)31-25(16-21(4)34)22-10-9-20(3)26(17-22)32-11-13-37-14-12-32;1-17(2)12-25(31-11-10-18(3)13-26(31)32)28(35)30-24(15-27(33)34)21-14-23(20(5)29-16-21)22-9-7-6-8-19(22)4/h6-8,11-12,15-19,23,27-28H,9-10,13-14H2,1-5H3,(H,33,37);8-10,12,14-18,26-27H,11,13H2,1-7H3,(H,32,36);5-10,17-19,25,27H,11-16H2,1-4H3,(H,31,35);6-11,13-14,16-17,24-25H,12,15H2,1-5H3,(H,30,35)(H,33,34)/t27-,28+;26-,27+;25-,27+;24-,25?/m1111/s1. The first kappa shape index (κ1) is 111. The van der Waals surface area contributed by atoms with E-state index in [1.54, 1.807) is 71.9 Å². The molecule has 4 amide bonds. The number of carbonyl (C=O) groups excluding carboxylic acids is 7. The van der Waals surface area contributed by atoms with Crippen LogP contribution in [0.4, 0.5) is 5.69 Å². The number of Topliss-reactive ketones (excluding diaryl/α,β-unsaturated/α-hetero) is 3. The van der Waals surface area contributed by atoms with Gasteiger partial charge in [-0.1, -0.05) is 146 Å². The minimum absolute atomic E-state index is 0.0243. The number of anilines is 1. The van der Waals surface area contributed by atoms with E-state index < -0.39 is 60.2 Å². The van der Waals surface area contributed by atoms with E-state index in [1.165, 1.54) is 46.9 Å². The van der Waals surface area contributed by atoms with E-state index >= 15 is 0 Å². The number of para-hydroxylation sites is 1. The van der Waals surface area contributed by atoms with Crippen LogP contribution in [0.5, 0.6) is 0 Å². The summed E-state index contributed by atoms with van der Waals surface area (Å²) in [6.07, 6.45) is 19.6. The normalized spacial score (nSPS) is 14.1. The van der Waals surface area contributed by atoms with Gasteiger partial charge in [0.2, 0.25) is 23.6 Å². The quantitative estimate of drug-likeness (QED) is 0.0241. The molecule has 0 spiro atoms. The molecule has 27 heteroatoms. The molecule has 0 bridgehead atoms. The number of aliphatic carboxylic acids is 1. The fourth-order valence-electron chi connectivity index (χ4n) is 18.8. The molecule has 7 aromatic heterocycles. The van der Waals surface area contributed by atoms with Gasteiger partial charge in [-0.2, -0.15) is 0 Å². The van der Waals surface area contributed by atoms with Crippen molar-refractivity contribution in [3.8, 4) is 33.4 Å². The van der Waals surface area contributed by atoms with Crippen LogP contribution in [0.1, 0.15) is 278 Å². The molecule has 5 aromatic carbocycles. The van der Waals surface area contributed by atoms with Gasteiger partial charge in [0.15, 0.2) is 0 Å². The Hall–Kier alpha value is -14.3. The molecule has 1 saturated heterocycles. The van der Waals surface area contributed by atoms with Gasteiger partial charge in [-0.3, -0.25) is 77.1 Å². The third kappa shape index (κ3) is 30.4. The Kier molecular flexibility index (Phi) is 39.2. The number of ether oxygens (including phenoxy) is 1. The number of rotatable bonds is 37. The number of pyridine rings is 6. The van der Waals surface area contributed by atoms with Crippen molar-refractivity contribution in [1.29, 1.82) is 0 Å². The Balaban J connectivity index is 0.000000184. The van der Waals surface area contributed by atoms with Crippen molar-refractivity contribution in [3.05, 3.63) is 333 Å². The largest absolute Gasteiger partial charge is 0.481 e. The van der Waals surface area contributed by atoms with Gasteiger partial charge in [-0.25, -0.2) is 4.98 Å². The molecule has 8 heterocycles. The molecule has 2 fully saturated rings. The molecule has 145 heavy (non-hydrogen) atoms. The summed E-state index contributed by atoms with van der Waals surface area (Å²) in [6, 6.07) is 42.3. The van der Waals surface area contributed by atoms with E-state index in [-0.39, 0.29) is 107 Å². The molecule has 0 radical (unpaired) electrons. The molecule has 5 N–H and O–H groups in total. The third-order valence-corrected chi connectivity index (χ3v) is 26.6. The van der Waals surface area contributed by atoms with E-state index in [0.29, 0.717) is 61.3 Å². The van der Waals surface area contributed by atoms with E-state index in [0.717, 1.165) is 143 Å². The smallest absolute Gasteiger partial charge is 0.305 e. The number of morpholine rings is 1. The number of benzene rings is 5. The highest BCUT2D eigenvalue weighted by molar-refractivity contribution is 5.87. The summed E-state index contributed by atoms with van der Waals surface area (Å²) in [6.45, 7) is 43.5. The number of fused-ring (bicyclic) bond motifs is 1. The van der Waals surface area contributed by atoms with Crippen LogP contribution in [0.15, 0.2) is 227 Å². The highest BCUT2D eigenvalue weighted by Gasteiger charge is 2.35. The molecule has 1 aliphatic carbocycles. The minimum Gasteiger partial charge on any atom is -0.481 e. The van der Waals surface area contributed by atoms with Crippen molar-refractivity contribution >= 4 is 63.5 Å². The third-order valence-electron chi connectivity index (χ3n) is 26.6. The second kappa shape index (κ2) is 51.2. The van der Waals surface area contributed by atoms with Crippen molar-refractivity contribution in [2.45, 2.75) is 264 Å². The second-order valence-electron chi connectivity index (χ2n) is 40.8. The zero-order valence-corrected chi connectivity index (χ0v) is 87.8. The lowest BCUT2D eigenvalue weighted by molar-refractivity contribution is -0.138. The minimum atomic E-state index is -1.04. The Morgan fingerprint density at radius 3 is 1.33 bits per heavy atom. The van der Waals surface area contributed by atoms with Crippen molar-refractivity contribution in [3.63, 3.8) is 0 Å². The first-order valence-electron chi connectivity index (χ1n) is 50.4. The van der Waals surface area contributed by atoms with Crippen LogP contribution in [0, 0.1) is 92.9 Å². The van der Waals surface area contributed by atoms with Crippen LogP contribution in [0.2, 0.25) is 0 Å². The highest BCUT2D eigenvalue weighted by atomic mass is 16.5. The first-order chi connectivity index (χ1) is 68.9. The van der Waals surface area contributed by atoms with E-state index in [1.807, 2.05) is 187 Å². The van der Waals surface area contributed by atoms with Crippen molar-refractivity contribution in [1.82, 2.24) is 59.5 Å². The van der Waals surface area contributed by atoms with Crippen molar-refractivity contribution < 1.29 is 48.2 Å². The number of amides is 4. The number of ketones is 3. The summed E-state index contributed by atoms with van der Waals surface area (Å²) in [7, 11) is 0. The molecular formula is C118H143N13O14. The monoisotopic (exact) mass is 1970 g/mol. The summed E-state index contributed by atoms with van der Waals surface area (Å²) >= 11 is 0. The Bertz CT molecular complexity index is 6880.